The zero-order valence-electron chi connectivity index (χ0n) is 23.8. The number of phenols is 1. The monoisotopic (exact) mass is 589 g/mol. The standard InChI is InChI=1S/C34H31N5O3S/c1-22-20-27(23(2)38(22)29-13-6-7-14-30(29)40)33-32(28-12-8-9-19-35-28)37-34(43)39(33)25-17-15-24(16-18-25)36-31(41)21-42-26-10-4-3-5-11-26/h3-20,32-33,40H,21H2,1-2H3,(H,36,41)(H,37,43). The van der Waals surface area contributed by atoms with Crippen LogP contribution in [0.1, 0.15) is 34.7 Å². The molecule has 6 rings (SSSR count). The van der Waals surface area contributed by atoms with E-state index < -0.39 is 0 Å². The maximum absolute atomic E-state index is 12.5. The number of anilines is 2. The minimum atomic E-state index is -0.250. The summed E-state index contributed by atoms with van der Waals surface area (Å²) in [7, 11) is 0. The fraction of sp³-hybridized carbons (Fsp3) is 0.147. The predicted octanol–water partition coefficient (Wildman–Crippen LogP) is 6.39. The first-order valence-electron chi connectivity index (χ1n) is 14.0. The van der Waals surface area contributed by atoms with Crippen LogP contribution in [0.2, 0.25) is 0 Å². The topological polar surface area (TPSA) is 91.7 Å². The number of amides is 1. The molecule has 3 heterocycles. The molecule has 2 aromatic heterocycles. The Balaban J connectivity index is 1.31. The lowest BCUT2D eigenvalue weighted by molar-refractivity contribution is -0.118. The molecule has 0 aliphatic carbocycles. The summed E-state index contributed by atoms with van der Waals surface area (Å²) >= 11 is 5.91. The van der Waals surface area contributed by atoms with Gasteiger partial charge in [0.05, 0.1) is 23.5 Å². The fourth-order valence-electron chi connectivity index (χ4n) is 5.63. The molecule has 8 nitrogen and oxygen atoms in total. The molecule has 5 aromatic rings. The van der Waals surface area contributed by atoms with Crippen LogP contribution in [-0.4, -0.2) is 32.3 Å². The summed E-state index contributed by atoms with van der Waals surface area (Å²) in [5.41, 5.74) is 6.14. The number of nitrogens with one attached hydrogen (secondary N) is 2. The fourth-order valence-corrected chi connectivity index (χ4v) is 5.97. The van der Waals surface area contributed by atoms with Crippen LogP contribution in [0.25, 0.3) is 5.69 Å². The van der Waals surface area contributed by atoms with Crippen LogP contribution < -0.4 is 20.3 Å². The summed E-state index contributed by atoms with van der Waals surface area (Å²) in [6.07, 6.45) is 1.78. The normalized spacial score (nSPS) is 16.1. The number of benzene rings is 3. The van der Waals surface area contributed by atoms with Gasteiger partial charge >= 0.3 is 0 Å². The number of aryl methyl sites for hydroxylation is 1. The maximum atomic E-state index is 12.5. The van der Waals surface area contributed by atoms with E-state index in [1.54, 1.807) is 12.3 Å². The van der Waals surface area contributed by atoms with Crippen molar-refractivity contribution in [3.8, 4) is 17.2 Å². The number of carbonyl (C=O) groups is 1. The predicted molar refractivity (Wildman–Crippen MR) is 172 cm³/mol. The maximum Gasteiger partial charge on any atom is 0.262 e. The van der Waals surface area contributed by atoms with Gasteiger partial charge in [-0.25, -0.2) is 0 Å². The molecule has 216 valence electrons. The molecule has 43 heavy (non-hydrogen) atoms. The van der Waals surface area contributed by atoms with Crippen LogP contribution in [0.15, 0.2) is 109 Å². The number of phenolic OH excluding ortho intramolecular Hbond substituents is 1. The molecule has 1 fully saturated rings. The van der Waals surface area contributed by atoms with Crippen LogP contribution in [0.5, 0.6) is 11.5 Å². The van der Waals surface area contributed by atoms with Crippen molar-refractivity contribution >= 4 is 34.6 Å². The van der Waals surface area contributed by atoms with E-state index in [0.29, 0.717) is 16.5 Å². The van der Waals surface area contributed by atoms with E-state index in [1.807, 2.05) is 97.9 Å². The molecule has 0 bridgehead atoms. The zero-order chi connectivity index (χ0) is 29.9. The third-order valence-corrected chi connectivity index (χ3v) is 7.87. The number of aromatic nitrogens is 2. The summed E-state index contributed by atoms with van der Waals surface area (Å²) in [6.45, 7) is 4.00. The minimum absolute atomic E-state index is 0.0910. The zero-order valence-corrected chi connectivity index (χ0v) is 24.6. The number of aromatic hydroxyl groups is 1. The van der Waals surface area contributed by atoms with Gasteiger partial charge in [-0.15, -0.1) is 0 Å². The number of carbonyl (C=O) groups excluding carboxylic acids is 1. The van der Waals surface area contributed by atoms with Crippen LogP contribution in [-0.2, 0) is 4.79 Å². The molecule has 2 atom stereocenters. The number of thiocarbonyl (C=S) groups is 1. The van der Waals surface area contributed by atoms with Crippen molar-refractivity contribution in [3.63, 3.8) is 0 Å². The van der Waals surface area contributed by atoms with E-state index in [0.717, 1.165) is 34.0 Å². The van der Waals surface area contributed by atoms with Crippen molar-refractivity contribution in [3.05, 3.63) is 132 Å². The van der Waals surface area contributed by atoms with Gasteiger partial charge in [0.1, 0.15) is 11.5 Å². The second-order valence-electron chi connectivity index (χ2n) is 10.3. The van der Waals surface area contributed by atoms with Crippen molar-refractivity contribution in [2.24, 2.45) is 0 Å². The Kier molecular flexibility index (Phi) is 7.81. The Morgan fingerprint density at radius 2 is 1.70 bits per heavy atom. The van der Waals surface area contributed by atoms with Crippen LogP contribution in [0, 0.1) is 13.8 Å². The highest BCUT2D eigenvalue weighted by molar-refractivity contribution is 7.80. The van der Waals surface area contributed by atoms with Crippen molar-refractivity contribution in [2.75, 3.05) is 16.8 Å². The van der Waals surface area contributed by atoms with E-state index in [4.69, 9.17) is 17.0 Å². The van der Waals surface area contributed by atoms with E-state index in [-0.39, 0.29) is 30.3 Å². The van der Waals surface area contributed by atoms with E-state index in [2.05, 4.69) is 38.1 Å². The second kappa shape index (κ2) is 12.0. The lowest BCUT2D eigenvalue weighted by atomic mass is 9.96. The molecule has 0 spiro atoms. The number of hydrogen-bond donors (Lipinski definition) is 3. The number of hydrogen-bond acceptors (Lipinski definition) is 5. The van der Waals surface area contributed by atoms with E-state index in [1.165, 1.54) is 0 Å². The van der Waals surface area contributed by atoms with Crippen molar-refractivity contribution in [1.82, 2.24) is 14.9 Å². The van der Waals surface area contributed by atoms with Gasteiger partial charge < -0.3 is 29.9 Å². The first-order valence-corrected chi connectivity index (χ1v) is 14.4. The molecular weight excluding hydrogens is 558 g/mol. The molecule has 0 saturated carbocycles. The molecule has 1 aliphatic rings. The van der Waals surface area contributed by atoms with Gasteiger partial charge in [-0.3, -0.25) is 9.78 Å². The van der Waals surface area contributed by atoms with Gasteiger partial charge in [-0.1, -0.05) is 36.4 Å². The highest BCUT2D eigenvalue weighted by Gasteiger charge is 2.42. The SMILES string of the molecule is Cc1cc(C2C(c3ccccn3)NC(=S)N2c2ccc(NC(=O)COc3ccccc3)cc2)c(C)n1-c1ccccc1O. The number of pyridine rings is 1. The van der Waals surface area contributed by atoms with E-state index >= 15 is 0 Å². The first kappa shape index (κ1) is 28.0. The average molecular weight is 590 g/mol. The van der Waals surface area contributed by atoms with Crippen LogP contribution in [0.3, 0.4) is 0 Å². The first-order chi connectivity index (χ1) is 20.9. The molecular formula is C34H31N5O3S. The highest BCUT2D eigenvalue weighted by Crippen LogP contribution is 2.44. The van der Waals surface area contributed by atoms with Gasteiger partial charge in [0.2, 0.25) is 0 Å². The Morgan fingerprint density at radius 3 is 2.42 bits per heavy atom. The van der Waals surface area contributed by atoms with Crippen LogP contribution in [0.4, 0.5) is 11.4 Å². The van der Waals surface area contributed by atoms with Crippen molar-refractivity contribution in [2.45, 2.75) is 25.9 Å². The largest absolute Gasteiger partial charge is 0.506 e. The van der Waals surface area contributed by atoms with Crippen molar-refractivity contribution in [1.29, 1.82) is 0 Å². The average Bonchev–Trinajstić information content (AvgIpc) is 3.52. The third-order valence-electron chi connectivity index (χ3n) is 7.55. The van der Waals surface area contributed by atoms with Gasteiger partial charge in [-0.05, 0) is 98.4 Å². The Bertz CT molecular complexity index is 1760. The Labute approximate surface area is 255 Å². The number of rotatable bonds is 8. The third kappa shape index (κ3) is 5.67. The van der Waals surface area contributed by atoms with Gasteiger partial charge in [-0.2, -0.15) is 0 Å². The summed E-state index contributed by atoms with van der Waals surface area (Å²) in [5.74, 6) is 0.596. The highest BCUT2D eigenvalue weighted by atomic mass is 32.1. The number of nitrogens with zero attached hydrogens (tertiary/aromatic N) is 3. The van der Waals surface area contributed by atoms with Gasteiger partial charge in [0.15, 0.2) is 11.7 Å². The molecule has 9 heteroatoms. The lowest BCUT2D eigenvalue weighted by Crippen LogP contribution is -2.29. The summed E-state index contributed by atoms with van der Waals surface area (Å²) in [5, 5.41) is 17.6. The number of para-hydroxylation sites is 3. The summed E-state index contributed by atoms with van der Waals surface area (Å²) in [4.78, 5) is 19.3. The Morgan fingerprint density at radius 1 is 0.977 bits per heavy atom. The van der Waals surface area contributed by atoms with Crippen molar-refractivity contribution < 1.29 is 14.6 Å². The summed E-state index contributed by atoms with van der Waals surface area (Å²) in [6, 6.07) is 31.7. The van der Waals surface area contributed by atoms with Crippen LogP contribution >= 0.6 is 12.2 Å². The van der Waals surface area contributed by atoms with E-state index in [9.17, 15) is 9.90 Å². The number of ether oxygens (including phenoxy) is 1. The molecule has 1 amide bonds. The second-order valence-corrected chi connectivity index (χ2v) is 10.7. The molecule has 1 aliphatic heterocycles. The molecule has 3 aromatic carbocycles. The van der Waals surface area contributed by atoms with Gasteiger partial charge in [0.25, 0.3) is 5.91 Å². The smallest absolute Gasteiger partial charge is 0.262 e. The quantitative estimate of drug-likeness (QED) is 0.181. The van der Waals surface area contributed by atoms with Gasteiger partial charge in [0, 0.05) is 29.0 Å². The summed E-state index contributed by atoms with van der Waals surface area (Å²) < 4.78 is 7.63. The Hall–Kier alpha value is -5.15. The molecule has 1 saturated heterocycles. The molecule has 0 radical (unpaired) electrons. The minimum Gasteiger partial charge on any atom is -0.506 e. The molecule has 2 unspecified atom stereocenters. The lowest BCUT2D eigenvalue weighted by Gasteiger charge is -2.28. The molecule has 3 N–H and O–H groups in total.